The van der Waals surface area contributed by atoms with Crippen molar-refractivity contribution in [1.82, 2.24) is 0 Å². The highest BCUT2D eigenvalue weighted by molar-refractivity contribution is 6.17. The van der Waals surface area contributed by atoms with Crippen LogP contribution < -0.4 is 9.47 Å². The fraction of sp³-hybridized carbons (Fsp3) is 0.625. The van der Waals surface area contributed by atoms with Gasteiger partial charge in [0.1, 0.15) is 11.5 Å². The van der Waals surface area contributed by atoms with Crippen LogP contribution in [0.4, 0.5) is 0 Å². The average Bonchev–Trinajstić information content (AvgIpc) is 2.47. The van der Waals surface area contributed by atoms with Crippen LogP contribution in [-0.4, -0.2) is 13.7 Å². The standard InChI is InChI=1S/C16H25ClO2/c1-4-6-7-13(5-2)12-19-15-8-9-16(18-3)14(10-15)11-17/h8-10,13H,4-7,11-12H2,1-3H3. The van der Waals surface area contributed by atoms with E-state index in [-0.39, 0.29) is 0 Å². The molecule has 0 heterocycles. The Morgan fingerprint density at radius 1 is 1.26 bits per heavy atom. The van der Waals surface area contributed by atoms with Gasteiger partial charge < -0.3 is 9.47 Å². The average molecular weight is 285 g/mol. The van der Waals surface area contributed by atoms with Crippen LogP contribution in [0, 0.1) is 5.92 Å². The predicted molar refractivity (Wildman–Crippen MR) is 81.4 cm³/mol. The quantitative estimate of drug-likeness (QED) is 0.592. The maximum atomic E-state index is 5.91. The summed E-state index contributed by atoms with van der Waals surface area (Å²) in [5.74, 6) is 2.78. The van der Waals surface area contributed by atoms with Gasteiger partial charge in [-0.2, -0.15) is 0 Å². The summed E-state index contributed by atoms with van der Waals surface area (Å²) in [5, 5.41) is 0. The molecule has 0 aliphatic heterocycles. The van der Waals surface area contributed by atoms with Crippen molar-refractivity contribution in [2.24, 2.45) is 5.92 Å². The van der Waals surface area contributed by atoms with Crippen molar-refractivity contribution in [3.05, 3.63) is 23.8 Å². The molecule has 0 bridgehead atoms. The van der Waals surface area contributed by atoms with Crippen molar-refractivity contribution in [1.29, 1.82) is 0 Å². The minimum Gasteiger partial charge on any atom is -0.496 e. The number of hydrogen-bond donors (Lipinski definition) is 0. The first-order chi connectivity index (χ1) is 9.24. The predicted octanol–water partition coefficient (Wildman–Crippen LogP) is 5.03. The number of rotatable bonds is 9. The zero-order valence-corrected chi connectivity index (χ0v) is 13.0. The second-order valence-corrected chi connectivity index (χ2v) is 5.10. The smallest absolute Gasteiger partial charge is 0.123 e. The molecule has 1 aromatic carbocycles. The molecule has 19 heavy (non-hydrogen) atoms. The zero-order chi connectivity index (χ0) is 14.1. The van der Waals surface area contributed by atoms with E-state index >= 15 is 0 Å². The van der Waals surface area contributed by atoms with Crippen LogP contribution in [-0.2, 0) is 5.88 Å². The molecule has 0 saturated carbocycles. The van der Waals surface area contributed by atoms with Crippen molar-refractivity contribution in [2.45, 2.75) is 45.4 Å². The van der Waals surface area contributed by atoms with Crippen LogP contribution in [0.2, 0.25) is 0 Å². The van der Waals surface area contributed by atoms with Crippen molar-refractivity contribution in [2.75, 3.05) is 13.7 Å². The minimum absolute atomic E-state index is 0.438. The highest BCUT2D eigenvalue weighted by atomic mass is 35.5. The van der Waals surface area contributed by atoms with Gasteiger partial charge in [-0.25, -0.2) is 0 Å². The number of unbranched alkanes of at least 4 members (excludes halogenated alkanes) is 1. The molecule has 0 aliphatic carbocycles. The van der Waals surface area contributed by atoms with Crippen molar-refractivity contribution in [3.63, 3.8) is 0 Å². The van der Waals surface area contributed by atoms with Gasteiger partial charge in [0.05, 0.1) is 19.6 Å². The molecule has 2 nitrogen and oxygen atoms in total. The lowest BCUT2D eigenvalue weighted by atomic mass is 10.0. The van der Waals surface area contributed by atoms with Gasteiger partial charge in [-0.05, 0) is 30.5 Å². The molecule has 1 aromatic rings. The number of ether oxygens (including phenoxy) is 2. The molecule has 0 aromatic heterocycles. The fourth-order valence-corrected chi connectivity index (χ4v) is 2.27. The summed E-state index contributed by atoms with van der Waals surface area (Å²) in [6.45, 7) is 5.23. The molecule has 1 unspecified atom stereocenters. The number of halogens is 1. The SMILES string of the molecule is CCCCC(CC)COc1ccc(OC)c(CCl)c1. The monoisotopic (exact) mass is 284 g/mol. The van der Waals surface area contributed by atoms with Gasteiger partial charge in [-0.15, -0.1) is 11.6 Å². The fourth-order valence-electron chi connectivity index (χ4n) is 2.06. The summed E-state index contributed by atoms with van der Waals surface area (Å²) in [7, 11) is 1.66. The number of benzene rings is 1. The maximum absolute atomic E-state index is 5.91. The molecule has 0 fully saturated rings. The second kappa shape index (κ2) is 9.08. The lowest BCUT2D eigenvalue weighted by Crippen LogP contribution is -2.11. The maximum Gasteiger partial charge on any atom is 0.123 e. The molecule has 0 saturated heterocycles. The number of alkyl halides is 1. The van der Waals surface area contributed by atoms with Crippen LogP contribution >= 0.6 is 11.6 Å². The van der Waals surface area contributed by atoms with Crippen LogP contribution in [0.5, 0.6) is 11.5 Å². The molecule has 3 heteroatoms. The first kappa shape index (κ1) is 16.2. The van der Waals surface area contributed by atoms with Gasteiger partial charge in [0.15, 0.2) is 0 Å². The topological polar surface area (TPSA) is 18.5 Å². The third kappa shape index (κ3) is 5.32. The lowest BCUT2D eigenvalue weighted by Gasteiger charge is -2.16. The first-order valence-electron chi connectivity index (χ1n) is 7.10. The summed E-state index contributed by atoms with van der Waals surface area (Å²) in [6, 6.07) is 5.83. The van der Waals surface area contributed by atoms with Crippen LogP contribution in [0.25, 0.3) is 0 Å². The van der Waals surface area contributed by atoms with Gasteiger partial charge in [0, 0.05) is 5.56 Å². The van der Waals surface area contributed by atoms with E-state index in [0.717, 1.165) is 23.7 Å². The highest BCUT2D eigenvalue weighted by Crippen LogP contribution is 2.26. The Morgan fingerprint density at radius 2 is 2.05 bits per heavy atom. The Bertz CT molecular complexity index is 366. The molecule has 1 rings (SSSR count). The van der Waals surface area contributed by atoms with E-state index in [1.807, 2.05) is 18.2 Å². The summed E-state index contributed by atoms with van der Waals surface area (Å²) in [4.78, 5) is 0. The van der Waals surface area contributed by atoms with Gasteiger partial charge in [-0.1, -0.05) is 33.1 Å². The van der Waals surface area contributed by atoms with Crippen molar-refractivity contribution >= 4 is 11.6 Å². The second-order valence-electron chi connectivity index (χ2n) is 4.83. The van der Waals surface area contributed by atoms with E-state index in [9.17, 15) is 0 Å². The van der Waals surface area contributed by atoms with Gasteiger partial charge in [0.2, 0.25) is 0 Å². The van der Waals surface area contributed by atoms with E-state index in [2.05, 4.69) is 13.8 Å². The van der Waals surface area contributed by atoms with Gasteiger partial charge in [-0.3, -0.25) is 0 Å². The first-order valence-corrected chi connectivity index (χ1v) is 7.64. The summed E-state index contributed by atoms with van der Waals surface area (Å²) in [6.07, 6.45) is 4.93. The van der Waals surface area contributed by atoms with Crippen LogP contribution in [0.3, 0.4) is 0 Å². The minimum atomic E-state index is 0.438. The van der Waals surface area contributed by atoms with E-state index in [1.165, 1.54) is 25.7 Å². The molecule has 0 amide bonds. The van der Waals surface area contributed by atoms with Gasteiger partial charge >= 0.3 is 0 Å². The summed E-state index contributed by atoms with van der Waals surface area (Å²) in [5.41, 5.74) is 0.975. The van der Waals surface area contributed by atoms with E-state index < -0.39 is 0 Å². The highest BCUT2D eigenvalue weighted by Gasteiger charge is 2.08. The normalized spacial score (nSPS) is 12.2. The number of methoxy groups -OCH3 is 1. The molecule has 108 valence electrons. The summed E-state index contributed by atoms with van der Waals surface area (Å²) >= 11 is 5.91. The Hall–Kier alpha value is -0.890. The molecule has 0 aliphatic rings. The molecule has 1 atom stereocenters. The largest absolute Gasteiger partial charge is 0.496 e. The Morgan fingerprint density at radius 3 is 2.63 bits per heavy atom. The number of hydrogen-bond acceptors (Lipinski definition) is 2. The molecular formula is C16H25ClO2. The van der Waals surface area contributed by atoms with Crippen molar-refractivity contribution < 1.29 is 9.47 Å². The molecular weight excluding hydrogens is 260 g/mol. The van der Waals surface area contributed by atoms with Crippen molar-refractivity contribution in [3.8, 4) is 11.5 Å². The molecule has 0 spiro atoms. The Labute approximate surface area is 122 Å². The van der Waals surface area contributed by atoms with Crippen LogP contribution in [0.15, 0.2) is 18.2 Å². The van der Waals surface area contributed by atoms with E-state index in [0.29, 0.717) is 11.8 Å². The molecule has 0 radical (unpaired) electrons. The van der Waals surface area contributed by atoms with Gasteiger partial charge in [0.25, 0.3) is 0 Å². The van der Waals surface area contributed by atoms with E-state index in [1.54, 1.807) is 7.11 Å². The Kier molecular flexibility index (Phi) is 7.73. The lowest BCUT2D eigenvalue weighted by molar-refractivity contribution is 0.233. The summed E-state index contributed by atoms with van der Waals surface area (Å²) < 4.78 is 11.1. The zero-order valence-electron chi connectivity index (χ0n) is 12.2. The molecule has 0 N–H and O–H groups in total. The Balaban J connectivity index is 2.56. The third-order valence-electron chi connectivity index (χ3n) is 3.42. The van der Waals surface area contributed by atoms with E-state index in [4.69, 9.17) is 21.1 Å². The van der Waals surface area contributed by atoms with Crippen LogP contribution in [0.1, 0.15) is 45.1 Å². The third-order valence-corrected chi connectivity index (χ3v) is 3.71.